The zero-order valence-electron chi connectivity index (χ0n) is 17.6. The molecule has 0 radical (unpaired) electrons. The van der Waals surface area contributed by atoms with Crippen molar-refractivity contribution in [2.24, 2.45) is 0 Å². The van der Waals surface area contributed by atoms with Crippen LogP contribution < -0.4 is 15.5 Å². The summed E-state index contributed by atoms with van der Waals surface area (Å²) in [6.45, 7) is 2.59. The minimum Gasteiger partial charge on any atom is -0.465 e. The highest BCUT2D eigenvalue weighted by molar-refractivity contribution is 6.10. The van der Waals surface area contributed by atoms with Crippen molar-refractivity contribution in [3.05, 3.63) is 89.5 Å². The Hall–Kier alpha value is -4.13. The van der Waals surface area contributed by atoms with E-state index in [9.17, 15) is 14.4 Å². The summed E-state index contributed by atoms with van der Waals surface area (Å²) in [6, 6.07) is 17.5. The Kier molecular flexibility index (Phi) is 6.17. The Labute approximate surface area is 185 Å². The van der Waals surface area contributed by atoms with Crippen LogP contribution in [0.25, 0.3) is 6.08 Å². The summed E-state index contributed by atoms with van der Waals surface area (Å²) >= 11 is 0. The highest BCUT2D eigenvalue weighted by atomic mass is 16.3. The molecule has 1 aliphatic heterocycles. The van der Waals surface area contributed by atoms with Crippen LogP contribution in [-0.4, -0.2) is 24.3 Å². The highest BCUT2D eigenvalue weighted by Gasteiger charge is 2.22. The molecule has 0 aliphatic carbocycles. The fourth-order valence-electron chi connectivity index (χ4n) is 3.44. The monoisotopic (exact) mass is 429 g/mol. The van der Waals surface area contributed by atoms with Crippen molar-refractivity contribution in [2.45, 2.75) is 19.8 Å². The third-order valence-electron chi connectivity index (χ3n) is 5.13. The molecule has 0 atom stereocenters. The van der Waals surface area contributed by atoms with E-state index >= 15 is 0 Å². The minimum atomic E-state index is -0.508. The Bertz CT molecular complexity index is 1160. The van der Waals surface area contributed by atoms with Gasteiger partial charge in [-0.1, -0.05) is 23.8 Å². The number of hydrogen-bond donors (Lipinski definition) is 2. The third-order valence-corrected chi connectivity index (χ3v) is 5.13. The first kappa shape index (κ1) is 21.1. The van der Waals surface area contributed by atoms with Crippen molar-refractivity contribution in [1.29, 1.82) is 0 Å². The minimum absolute atomic E-state index is 0.0353. The first-order valence-electron chi connectivity index (χ1n) is 10.3. The lowest BCUT2D eigenvalue weighted by Crippen LogP contribution is -2.30. The van der Waals surface area contributed by atoms with Gasteiger partial charge in [-0.15, -0.1) is 0 Å². The number of carbonyl (C=O) groups is 3. The molecule has 2 heterocycles. The first-order valence-corrected chi connectivity index (χ1v) is 10.3. The van der Waals surface area contributed by atoms with Crippen molar-refractivity contribution in [1.82, 2.24) is 5.32 Å². The van der Waals surface area contributed by atoms with Gasteiger partial charge in [-0.3, -0.25) is 14.4 Å². The smallest absolute Gasteiger partial charge is 0.272 e. The lowest BCUT2D eigenvalue weighted by atomic mass is 10.1. The van der Waals surface area contributed by atoms with Gasteiger partial charge >= 0.3 is 0 Å². The molecule has 3 aromatic rings. The number of amides is 3. The molecule has 4 rings (SSSR count). The van der Waals surface area contributed by atoms with E-state index in [4.69, 9.17) is 4.42 Å². The molecule has 2 N–H and O–H groups in total. The van der Waals surface area contributed by atoms with Gasteiger partial charge in [0.15, 0.2) is 0 Å². The second kappa shape index (κ2) is 9.34. The van der Waals surface area contributed by atoms with Crippen LogP contribution in [0.5, 0.6) is 0 Å². The topological polar surface area (TPSA) is 91.7 Å². The molecule has 0 saturated carbocycles. The molecule has 2 aromatic carbocycles. The van der Waals surface area contributed by atoms with Crippen molar-refractivity contribution in [2.75, 3.05) is 16.8 Å². The van der Waals surface area contributed by atoms with Gasteiger partial charge in [-0.25, -0.2) is 0 Å². The van der Waals surface area contributed by atoms with E-state index in [1.165, 1.54) is 12.3 Å². The van der Waals surface area contributed by atoms with E-state index in [-0.39, 0.29) is 11.6 Å². The van der Waals surface area contributed by atoms with E-state index < -0.39 is 11.8 Å². The average Bonchev–Trinajstić information content (AvgIpc) is 3.45. The summed E-state index contributed by atoms with van der Waals surface area (Å²) in [7, 11) is 0. The fourth-order valence-corrected chi connectivity index (χ4v) is 3.44. The van der Waals surface area contributed by atoms with Gasteiger partial charge in [0.1, 0.15) is 11.5 Å². The second-order valence-corrected chi connectivity index (χ2v) is 7.55. The molecule has 7 nitrogen and oxygen atoms in total. The van der Waals surface area contributed by atoms with Crippen LogP contribution in [0.1, 0.15) is 34.5 Å². The molecule has 1 saturated heterocycles. The van der Waals surface area contributed by atoms with Crippen molar-refractivity contribution >= 4 is 35.2 Å². The number of nitrogens with zero attached hydrogens (tertiary/aromatic N) is 1. The van der Waals surface area contributed by atoms with E-state index in [1.807, 2.05) is 25.1 Å². The maximum Gasteiger partial charge on any atom is 0.272 e. The normalized spacial score (nSPS) is 13.8. The van der Waals surface area contributed by atoms with E-state index in [2.05, 4.69) is 10.6 Å². The van der Waals surface area contributed by atoms with Crippen LogP contribution in [0.4, 0.5) is 11.4 Å². The Balaban J connectivity index is 1.55. The van der Waals surface area contributed by atoms with Gasteiger partial charge in [0.2, 0.25) is 5.91 Å². The molecule has 0 bridgehead atoms. The van der Waals surface area contributed by atoms with Crippen molar-refractivity contribution in [3.63, 3.8) is 0 Å². The number of rotatable bonds is 6. The second-order valence-electron chi connectivity index (χ2n) is 7.55. The van der Waals surface area contributed by atoms with Crippen molar-refractivity contribution < 1.29 is 18.8 Å². The zero-order chi connectivity index (χ0) is 22.5. The van der Waals surface area contributed by atoms with Gasteiger partial charge in [-0.2, -0.15) is 0 Å². The number of benzene rings is 2. The number of anilines is 2. The molecule has 3 amide bonds. The maximum absolute atomic E-state index is 13.0. The molecule has 162 valence electrons. The van der Waals surface area contributed by atoms with Gasteiger partial charge in [-0.05, 0) is 55.8 Å². The molecule has 1 fully saturated rings. The van der Waals surface area contributed by atoms with Gasteiger partial charge in [0.05, 0.1) is 6.26 Å². The van der Waals surface area contributed by atoms with Crippen molar-refractivity contribution in [3.8, 4) is 0 Å². The molecular formula is C25H23N3O4. The third kappa shape index (κ3) is 4.95. The summed E-state index contributed by atoms with van der Waals surface area (Å²) in [5.74, 6) is -0.422. The molecule has 7 heteroatoms. The highest BCUT2D eigenvalue weighted by Crippen LogP contribution is 2.24. The SMILES string of the molecule is Cc1ccc(C(=O)N/C(=C\c2ccco2)C(=O)Nc2cccc(N3CCCC3=O)c2)cc1. The van der Waals surface area contributed by atoms with E-state index in [1.54, 1.807) is 47.4 Å². The summed E-state index contributed by atoms with van der Waals surface area (Å²) in [5, 5.41) is 5.47. The predicted molar refractivity (Wildman–Crippen MR) is 122 cm³/mol. The Morgan fingerprint density at radius 2 is 1.88 bits per heavy atom. The lowest BCUT2D eigenvalue weighted by molar-refractivity contribution is -0.117. The number of carbonyl (C=O) groups excluding carboxylic acids is 3. The van der Waals surface area contributed by atoms with E-state index in [0.29, 0.717) is 30.0 Å². The summed E-state index contributed by atoms with van der Waals surface area (Å²) in [4.78, 5) is 39.5. The Morgan fingerprint density at radius 3 is 2.56 bits per heavy atom. The fraction of sp³-hybridized carbons (Fsp3) is 0.160. The summed E-state index contributed by atoms with van der Waals surface area (Å²) in [5.41, 5.74) is 2.74. The number of hydrogen-bond acceptors (Lipinski definition) is 4. The standard InChI is InChI=1S/C25H23N3O4/c1-17-9-11-18(12-10-17)24(30)27-22(16-21-7-4-14-32-21)25(31)26-19-5-2-6-20(15-19)28-13-3-8-23(28)29/h2,4-7,9-12,14-16H,3,8,13H2,1H3,(H,26,31)(H,27,30)/b22-16-. The van der Waals surface area contributed by atoms with Gasteiger partial charge < -0.3 is 20.0 Å². The van der Waals surface area contributed by atoms with Crippen LogP contribution in [0.2, 0.25) is 0 Å². The first-order chi connectivity index (χ1) is 15.5. The van der Waals surface area contributed by atoms with Gasteiger partial charge in [0, 0.05) is 36.0 Å². The van der Waals surface area contributed by atoms with Crippen LogP contribution >= 0.6 is 0 Å². The van der Waals surface area contributed by atoms with Crippen LogP contribution in [0, 0.1) is 6.92 Å². The molecule has 0 spiro atoms. The largest absolute Gasteiger partial charge is 0.465 e. The van der Waals surface area contributed by atoms with Crippen LogP contribution in [0.15, 0.2) is 77.0 Å². The lowest BCUT2D eigenvalue weighted by Gasteiger charge is -2.17. The van der Waals surface area contributed by atoms with E-state index in [0.717, 1.165) is 17.7 Å². The number of nitrogens with one attached hydrogen (secondary N) is 2. The Morgan fingerprint density at radius 1 is 1.06 bits per heavy atom. The quantitative estimate of drug-likeness (QED) is 0.577. The summed E-state index contributed by atoms with van der Waals surface area (Å²) < 4.78 is 5.31. The molecule has 0 unspecified atom stereocenters. The average molecular weight is 429 g/mol. The van der Waals surface area contributed by atoms with Gasteiger partial charge in [0.25, 0.3) is 11.8 Å². The zero-order valence-corrected chi connectivity index (χ0v) is 17.6. The maximum atomic E-state index is 13.0. The van der Waals surface area contributed by atoms with Crippen LogP contribution in [0.3, 0.4) is 0 Å². The van der Waals surface area contributed by atoms with Crippen LogP contribution in [-0.2, 0) is 9.59 Å². The summed E-state index contributed by atoms with van der Waals surface area (Å²) in [6.07, 6.45) is 4.29. The molecule has 1 aromatic heterocycles. The molecule has 1 aliphatic rings. The number of furan rings is 1. The molecular weight excluding hydrogens is 406 g/mol. The number of aryl methyl sites for hydroxylation is 1. The predicted octanol–water partition coefficient (Wildman–Crippen LogP) is 4.12. The molecule has 32 heavy (non-hydrogen) atoms.